The zero-order valence-electron chi connectivity index (χ0n) is 19.4. The zero-order valence-corrected chi connectivity index (χ0v) is 20.4. The Balaban J connectivity index is 1.91. The molecule has 0 saturated carbocycles. The Labute approximate surface area is 188 Å². The maximum Gasteiger partial charge on any atom is 0.262 e. The van der Waals surface area contributed by atoms with E-state index in [-0.39, 0.29) is 17.6 Å². The van der Waals surface area contributed by atoms with Crippen molar-refractivity contribution in [2.45, 2.75) is 58.1 Å². The Hall–Kier alpha value is -1.95. The number of aliphatic hydroxyl groups is 1. The van der Waals surface area contributed by atoms with Crippen LogP contribution in [0.2, 0.25) is 5.04 Å². The van der Waals surface area contributed by atoms with E-state index in [1.165, 1.54) is 10.4 Å². The zero-order chi connectivity index (χ0) is 22.5. The van der Waals surface area contributed by atoms with E-state index < -0.39 is 14.4 Å². The first-order chi connectivity index (χ1) is 14.8. The second kappa shape index (κ2) is 10.1. The van der Waals surface area contributed by atoms with Gasteiger partial charge in [0.25, 0.3) is 8.32 Å². The quantitative estimate of drug-likeness (QED) is 0.671. The third-order valence-corrected chi connectivity index (χ3v) is 11.7. The molecule has 1 N–H and O–H groups in total. The Kier molecular flexibility index (Phi) is 7.73. The van der Waals surface area contributed by atoms with Crippen LogP contribution in [0, 0.1) is 5.92 Å². The molecule has 1 aliphatic rings. The molecule has 31 heavy (non-hydrogen) atoms. The van der Waals surface area contributed by atoms with Gasteiger partial charge in [0, 0.05) is 19.7 Å². The predicted octanol–water partition coefficient (Wildman–Crippen LogP) is 3.57. The summed E-state index contributed by atoms with van der Waals surface area (Å²) in [6.07, 6.45) is 2.23. The van der Waals surface area contributed by atoms with Crippen molar-refractivity contribution < 1.29 is 14.3 Å². The van der Waals surface area contributed by atoms with Crippen molar-refractivity contribution in [3.05, 3.63) is 60.7 Å². The topological polar surface area (TPSA) is 49.8 Å². The second-order valence-corrected chi connectivity index (χ2v) is 14.0. The predicted molar refractivity (Wildman–Crippen MR) is 129 cm³/mol. The SMILES string of the molecule is C[C@@H](O[Si](c1ccccc1)(c1ccccc1)C(C)(C)C)C(=O)N1CCC(CCO)CC1. The summed E-state index contributed by atoms with van der Waals surface area (Å²) in [5.41, 5.74) is 0. The number of amides is 1. The van der Waals surface area contributed by atoms with Crippen LogP contribution in [0.5, 0.6) is 0 Å². The van der Waals surface area contributed by atoms with E-state index in [1.807, 2.05) is 24.0 Å². The lowest BCUT2D eigenvalue weighted by atomic mass is 9.94. The highest BCUT2D eigenvalue weighted by molar-refractivity contribution is 6.99. The monoisotopic (exact) mass is 439 g/mol. The summed E-state index contributed by atoms with van der Waals surface area (Å²) in [5.74, 6) is 0.595. The van der Waals surface area contributed by atoms with E-state index in [0.29, 0.717) is 5.92 Å². The number of carbonyl (C=O) groups excluding carboxylic acids is 1. The van der Waals surface area contributed by atoms with Crippen LogP contribution in [0.3, 0.4) is 0 Å². The number of aliphatic hydroxyl groups excluding tert-OH is 1. The van der Waals surface area contributed by atoms with Crippen molar-refractivity contribution in [1.82, 2.24) is 4.90 Å². The number of hydrogen-bond donors (Lipinski definition) is 1. The molecule has 0 aromatic heterocycles. The van der Waals surface area contributed by atoms with Crippen molar-refractivity contribution in [3.8, 4) is 0 Å². The van der Waals surface area contributed by atoms with Crippen molar-refractivity contribution >= 4 is 24.6 Å². The highest BCUT2D eigenvalue weighted by Gasteiger charge is 2.52. The lowest BCUT2D eigenvalue weighted by Gasteiger charge is -2.45. The molecule has 5 heteroatoms. The molecule has 0 aliphatic carbocycles. The van der Waals surface area contributed by atoms with E-state index >= 15 is 0 Å². The Morgan fingerprint density at radius 1 is 1.03 bits per heavy atom. The van der Waals surface area contributed by atoms with Crippen molar-refractivity contribution in [2.24, 2.45) is 5.92 Å². The molecule has 2 aromatic carbocycles. The maximum absolute atomic E-state index is 13.4. The molecule has 1 atom stereocenters. The summed E-state index contributed by atoms with van der Waals surface area (Å²) < 4.78 is 6.97. The summed E-state index contributed by atoms with van der Waals surface area (Å²) in [5, 5.41) is 11.4. The lowest BCUT2D eigenvalue weighted by Crippen LogP contribution is -2.68. The molecule has 3 rings (SSSR count). The minimum atomic E-state index is -2.75. The summed E-state index contributed by atoms with van der Waals surface area (Å²) in [7, 11) is -2.75. The van der Waals surface area contributed by atoms with Gasteiger partial charge in [0.15, 0.2) is 0 Å². The van der Waals surface area contributed by atoms with Gasteiger partial charge in [0.2, 0.25) is 5.91 Å². The third-order valence-electron chi connectivity index (χ3n) is 6.58. The molecule has 1 amide bonds. The molecule has 1 aliphatic heterocycles. The third kappa shape index (κ3) is 5.11. The van der Waals surface area contributed by atoms with Gasteiger partial charge in [-0.3, -0.25) is 4.79 Å². The van der Waals surface area contributed by atoms with Crippen LogP contribution in [-0.2, 0) is 9.22 Å². The van der Waals surface area contributed by atoms with Gasteiger partial charge >= 0.3 is 0 Å². The fourth-order valence-electron chi connectivity index (χ4n) is 4.89. The van der Waals surface area contributed by atoms with Crippen LogP contribution in [-0.4, -0.2) is 50.0 Å². The van der Waals surface area contributed by atoms with E-state index in [9.17, 15) is 9.90 Å². The Bertz CT molecular complexity index is 787. The lowest BCUT2D eigenvalue weighted by molar-refractivity contribution is -0.139. The average Bonchev–Trinajstić information content (AvgIpc) is 2.78. The van der Waals surface area contributed by atoms with Crippen LogP contribution in [0.25, 0.3) is 0 Å². The van der Waals surface area contributed by atoms with Gasteiger partial charge in [-0.1, -0.05) is 81.4 Å². The molecule has 1 saturated heterocycles. The number of benzene rings is 2. The van der Waals surface area contributed by atoms with E-state index in [2.05, 4.69) is 69.3 Å². The van der Waals surface area contributed by atoms with Crippen LogP contribution < -0.4 is 10.4 Å². The summed E-state index contributed by atoms with van der Waals surface area (Å²) in [6, 6.07) is 20.9. The molecule has 0 spiro atoms. The van der Waals surface area contributed by atoms with Crippen molar-refractivity contribution in [3.63, 3.8) is 0 Å². The summed E-state index contributed by atoms with van der Waals surface area (Å²) in [6.45, 7) is 10.3. The van der Waals surface area contributed by atoms with Crippen LogP contribution in [0.15, 0.2) is 60.7 Å². The molecule has 168 valence electrons. The number of piperidine rings is 1. The first kappa shape index (κ1) is 23.7. The van der Waals surface area contributed by atoms with Crippen LogP contribution in [0.1, 0.15) is 47.0 Å². The minimum Gasteiger partial charge on any atom is -0.396 e. The fraction of sp³-hybridized carbons (Fsp3) is 0.500. The number of hydrogen-bond acceptors (Lipinski definition) is 3. The number of nitrogens with zero attached hydrogens (tertiary/aromatic N) is 1. The van der Waals surface area contributed by atoms with E-state index in [1.54, 1.807) is 0 Å². The van der Waals surface area contributed by atoms with Gasteiger partial charge in [-0.2, -0.15) is 0 Å². The molecule has 0 bridgehead atoms. The normalized spacial score (nSPS) is 16.9. The maximum atomic E-state index is 13.4. The molecule has 0 unspecified atom stereocenters. The smallest absolute Gasteiger partial charge is 0.262 e. The van der Waals surface area contributed by atoms with Gasteiger partial charge in [-0.15, -0.1) is 0 Å². The van der Waals surface area contributed by atoms with Crippen molar-refractivity contribution in [1.29, 1.82) is 0 Å². The highest BCUT2D eigenvalue weighted by atomic mass is 28.4. The molecular weight excluding hydrogens is 402 g/mol. The van der Waals surface area contributed by atoms with E-state index in [0.717, 1.165) is 32.4 Å². The molecule has 1 heterocycles. The molecule has 1 fully saturated rings. The van der Waals surface area contributed by atoms with Crippen molar-refractivity contribution in [2.75, 3.05) is 19.7 Å². The minimum absolute atomic E-state index is 0.0791. The molecular formula is C26H37NO3Si. The first-order valence-electron chi connectivity index (χ1n) is 11.5. The van der Waals surface area contributed by atoms with E-state index in [4.69, 9.17) is 4.43 Å². The number of likely N-dealkylation sites (tertiary alicyclic amines) is 1. The van der Waals surface area contributed by atoms with Crippen LogP contribution >= 0.6 is 0 Å². The molecule has 2 aromatic rings. The van der Waals surface area contributed by atoms with Gasteiger partial charge < -0.3 is 14.4 Å². The molecule has 4 nitrogen and oxygen atoms in total. The Morgan fingerprint density at radius 3 is 1.94 bits per heavy atom. The average molecular weight is 440 g/mol. The standard InChI is InChI=1S/C26H37NO3Si/c1-21(25(29)27-18-15-22(16-19-27)17-20-28)30-31(26(2,3)4,23-11-7-5-8-12-23)24-13-9-6-10-14-24/h5-14,21-22,28H,15-20H2,1-4H3/t21-/m1/s1. The summed E-state index contributed by atoms with van der Waals surface area (Å²) >= 11 is 0. The van der Waals surface area contributed by atoms with Crippen LogP contribution in [0.4, 0.5) is 0 Å². The highest BCUT2D eigenvalue weighted by Crippen LogP contribution is 2.37. The number of rotatable bonds is 7. The van der Waals surface area contributed by atoms with Gasteiger partial charge in [-0.05, 0) is 47.5 Å². The fourth-order valence-corrected chi connectivity index (χ4v) is 9.53. The summed E-state index contributed by atoms with van der Waals surface area (Å²) in [4.78, 5) is 15.4. The van der Waals surface area contributed by atoms with Gasteiger partial charge in [0.1, 0.15) is 6.10 Å². The largest absolute Gasteiger partial charge is 0.396 e. The first-order valence-corrected chi connectivity index (χ1v) is 13.4. The second-order valence-electron chi connectivity index (χ2n) is 9.70. The number of carbonyl (C=O) groups is 1. The molecule has 0 radical (unpaired) electrons. The van der Waals surface area contributed by atoms with Gasteiger partial charge in [-0.25, -0.2) is 0 Å². The van der Waals surface area contributed by atoms with Gasteiger partial charge in [0.05, 0.1) is 0 Å². The Morgan fingerprint density at radius 2 is 1.52 bits per heavy atom.